The van der Waals surface area contributed by atoms with Crippen LogP contribution in [-0.4, -0.2) is 18.7 Å². The highest BCUT2D eigenvalue weighted by molar-refractivity contribution is 5.31. The fourth-order valence-corrected chi connectivity index (χ4v) is 4.11. The lowest BCUT2D eigenvalue weighted by Gasteiger charge is -2.55. The number of benzene rings is 1. The molecule has 0 radical (unpaired) electrons. The molecular weight excluding hydrogens is 258 g/mol. The smallest absolute Gasteiger partial charge is 0.0831 e. The Balaban J connectivity index is 1.71. The third-order valence-electron chi connectivity index (χ3n) is 5.84. The monoisotopic (exact) mass is 287 g/mol. The summed E-state index contributed by atoms with van der Waals surface area (Å²) in [6, 6.07) is 9.47. The highest BCUT2D eigenvalue weighted by Crippen LogP contribution is 2.48. The molecule has 1 saturated carbocycles. The first-order valence-electron chi connectivity index (χ1n) is 8.65. The van der Waals surface area contributed by atoms with Crippen LogP contribution in [0.25, 0.3) is 0 Å². The van der Waals surface area contributed by atoms with E-state index in [2.05, 4.69) is 50.4 Å². The summed E-state index contributed by atoms with van der Waals surface area (Å²) in [5, 5.41) is 3.63. The second kappa shape index (κ2) is 6.10. The molecule has 1 aromatic carbocycles. The molecule has 4 unspecified atom stereocenters. The van der Waals surface area contributed by atoms with Gasteiger partial charge in [0.15, 0.2) is 0 Å². The Bertz CT molecular complexity index is 486. The summed E-state index contributed by atoms with van der Waals surface area (Å²) < 4.78 is 6.60. The van der Waals surface area contributed by atoms with Gasteiger partial charge in [-0.05, 0) is 49.8 Å². The Kier molecular flexibility index (Phi) is 4.37. The maximum absolute atomic E-state index is 6.60. The van der Waals surface area contributed by atoms with Gasteiger partial charge in [-0.2, -0.15) is 0 Å². The Hall–Kier alpha value is -0.860. The second-order valence-electron chi connectivity index (χ2n) is 6.91. The first kappa shape index (κ1) is 15.1. The minimum absolute atomic E-state index is 0.294. The molecule has 116 valence electrons. The molecule has 2 aliphatic rings. The standard InChI is InChI=1S/C19H29NO/c1-4-19(3)17(20-5-2)13-18(19)21-16-12-8-10-14-9-6-7-11-15(14)16/h6-7,9,11,16-18,20H,4-5,8,10,12-13H2,1-3H3. The lowest BCUT2D eigenvalue weighted by Crippen LogP contribution is -2.62. The van der Waals surface area contributed by atoms with Crippen LogP contribution < -0.4 is 5.32 Å². The van der Waals surface area contributed by atoms with Crippen molar-refractivity contribution in [2.45, 2.75) is 71.1 Å². The van der Waals surface area contributed by atoms with Crippen LogP contribution in [0.2, 0.25) is 0 Å². The van der Waals surface area contributed by atoms with Gasteiger partial charge in [0.1, 0.15) is 0 Å². The second-order valence-corrected chi connectivity index (χ2v) is 6.91. The third-order valence-corrected chi connectivity index (χ3v) is 5.84. The Morgan fingerprint density at radius 1 is 1.29 bits per heavy atom. The van der Waals surface area contributed by atoms with Gasteiger partial charge in [-0.1, -0.05) is 45.0 Å². The lowest BCUT2D eigenvalue weighted by molar-refractivity contribution is -0.161. The molecule has 2 aliphatic carbocycles. The van der Waals surface area contributed by atoms with Gasteiger partial charge >= 0.3 is 0 Å². The van der Waals surface area contributed by atoms with Gasteiger partial charge in [-0.15, -0.1) is 0 Å². The van der Waals surface area contributed by atoms with Crippen LogP contribution in [0.3, 0.4) is 0 Å². The third kappa shape index (κ3) is 2.64. The lowest BCUT2D eigenvalue weighted by atomic mass is 9.61. The first-order valence-corrected chi connectivity index (χ1v) is 8.65. The molecule has 1 fully saturated rings. The van der Waals surface area contributed by atoms with Crippen LogP contribution in [0.1, 0.15) is 63.7 Å². The number of hydrogen-bond donors (Lipinski definition) is 1. The minimum atomic E-state index is 0.294. The molecule has 0 heterocycles. The van der Waals surface area contributed by atoms with Crippen LogP contribution in [0.4, 0.5) is 0 Å². The molecule has 4 atom stereocenters. The number of aryl methyl sites for hydroxylation is 1. The topological polar surface area (TPSA) is 21.3 Å². The van der Waals surface area contributed by atoms with Gasteiger partial charge in [0, 0.05) is 11.5 Å². The maximum Gasteiger partial charge on any atom is 0.0831 e. The van der Waals surface area contributed by atoms with Gasteiger partial charge in [0.2, 0.25) is 0 Å². The highest BCUT2D eigenvalue weighted by Gasteiger charge is 2.51. The number of rotatable bonds is 5. The van der Waals surface area contributed by atoms with E-state index in [4.69, 9.17) is 4.74 Å². The molecular formula is C19H29NO. The van der Waals surface area contributed by atoms with Gasteiger partial charge < -0.3 is 10.1 Å². The SMILES string of the molecule is CCNC1CC(OC2CCCc3ccccc32)C1(C)CC. The molecule has 0 bridgehead atoms. The van der Waals surface area contributed by atoms with Crippen molar-refractivity contribution in [2.75, 3.05) is 6.54 Å². The van der Waals surface area contributed by atoms with Crippen molar-refractivity contribution in [1.29, 1.82) is 0 Å². The molecule has 2 heteroatoms. The molecule has 0 saturated heterocycles. The summed E-state index contributed by atoms with van der Waals surface area (Å²) in [7, 11) is 0. The molecule has 2 nitrogen and oxygen atoms in total. The predicted molar refractivity (Wildman–Crippen MR) is 87.5 cm³/mol. The number of fused-ring (bicyclic) bond motifs is 1. The van der Waals surface area contributed by atoms with Gasteiger partial charge in [0.05, 0.1) is 12.2 Å². The van der Waals surface area contributed by atoms with Crippen LogP contribution in [0.15, 0.2) is 24.3 Å². The van der Waals surface area contributed by atoms with Crippen LogP contribution in [-0.2, 0) is 11.2 Å². The van der Waals surface area contributed by atoms with Crippen LogP contribution in [0.5, 0.6) is 0 Å². The van der Waals surface area contributed by atoms with E-state index in [0.717, 1.165) is 13.0 Å². The van der Waals surface area contributed by atoms with E-state index in [0.29, 0.717) is 23.7 Å². The molecule has 0 aromatic heterocycles. The number of hydrogen-bond acceptors (Lipinski definition) is 2. The highest BCUT2D eigenvalue weighted by atomic mass is 16.5. The van der Waals surface area contributed by atoms with Crippen LogP contribution >= 0.6 is 0 Å². The van der Waals surface area contributed by atoms with Gasteiger partial charge in [-0.25, -0.2) is 0 Å². The molecule has 0 amide bonds. The van der Waals surface area contributed by atoms with E-state index in [-0.39, 0.29) is 0 Å². The number of ether oxygens (including phenoxy) is 1. The van der Waals surface area contributed by atoms with Crippen molar-refractivity contribution in [3.05, 3.63) is 35.4 Å². The first-order chi connectivity index (χ1) is 10.2. The Morgan fingerprint density at radius 2 is 2.10 bits per heavy atom. The number of nitrogens with one attached hydrogen (secondary N) is 1. The average Bonchev–Trinajstić information content (AvgIpc) is 2.53. The quantitative estimate of drug-likeness (QED) is 0.874. The Labute approximate surface area is 129 Å². The summed E-state index contributed by atoms with van der Waals surface area (Å²) in [5.41, 5.74) is 3.23. The summed E-state index contributed by atoms with van der Waals surface area (Å²) in [6.45, 7) is 7.94. The molecule has 0 spiro atoms. The fraction of sp³-hybridized carbons (Fsp3) is 0.684. The molecule has 1 N–H and O–H groups in total. The molecule has 1 aromatic rings. The van der Waals surface area contributed by atoms with Gasteiger partial charge in [0.25, 0.3) is 0 Å². The predicted octanol–water partition coefficient (Wildman–Crippen LogP) is 4.25. The molecule has 21 heavy (non-hydrogen) atoms. The Morgan fingerprint density at radius 3 is 2.86 bits per heavy atom. The van der Waals surface area contributed by atoms with E-state index in [1.807, 2.05) is 0 Å². The minimum Gasteiger partial charge on any atom is -0.370 e. The van der Waals surface area contributed by atoms with Crippen molar-refractivity contribution in [1.82, 2.24) is 5.32 Å². The largest absolute Gasteiger partial charge is 0.370 e. The van der Waals surface area contributed by atoms with Crippen molar-refractivity contribution in [2.24, 2.45) is 5.41 Å². The van der Waals surface area contributed by atoms with Gasteiger partial charge in [-0.3, -0.25) is 0 Å². The van der Waals surface area contributed by atoms with Crippen molar-refractivity contribution >= 4 is 0 Å². The zero-order valence-electron chi connectivity index (χ0n) is 13.7. The summed E-state index contributed by atoms with van der Waals surface area (Å²) in [5.74, 6) is 0. The normalized spacial score (nSPS) is 35.1. The van der Waals surface area contributed by atoms with Crippen molar-refractivity contribution in [3.8, 4) is 0 Å². The van der Waals surface area contributed by atoms with Crippen LogP contribution in [0, 0.1) is 5.41 Å². The van der Waals surface area contributed by atoms with E-state index in [1.54, 1.807) is 0 Å². The van der Waals surface area contributed by atoms with E-state index < -0.39 is 0 Å². The zero-order chi connectivity index (χ0) is 14.9. The fourth-order valence-electron chi connectivity index (χ4n) is 4.11. The summed E-state index contributed by atoms with van der Waals surface area (Å²) in [4.78, 5) is 0. The van der Waals surface area contributed by atoms with E-state index in [1.165, 1.54) is 36.8 Å². The van der Waals surface area contributed by atoms with E-state index >= 15 is 0 Å². The molecule has 3 rings (SSSR count). The van der Waals surface area contributed by atoms with Crippen molar-refractivity contribution in [3.63, 3.8) is 0 Å². The average molecular weight is 287 g/mol. The molecule has 0 aliphatic heterocycles. The summed E-state index contributed by atoms with van der Waals surface area (Å²) in [6.07, 6.45) is 6.72. The van der Waals surface area contributed by atoms with E-state index in [9.17, 15) is 0 Å². The maximum atomic E-state index is 6.60. The zero-order valence-corrected chi connectivity index (χ0v) is 13.7. The van der Waals surface area contributed by atoms with Crippen molar-refractivity contribution < 1.29 is 4.74 Å². The summed E-state index contributed by atoms with van der Waals surface area (Å²) >= 11 is 0.